The van der Waals surface area contributed by atoms with Gasteiger partial charge in [0.15, 0.2) is 5.58 Å². The van der Waals surface area contributed by atoms with Crippen molar-refractivity contribution in [2.75, 3.05) is 0 Å². The van der Waals surface area contributed by atoms with Crippen molar-refractivity contribution in [2.24, 2.45) is 0 Å². The van der Waals surface area contributed by atoms with Gasteiger partial charge in [-0.2, -0.15) is 0 Å². The molecule has 0 saturated heterocycles. The van der Waals surface area contributed by atoms with Crippen molar-refractivity contribution in [1.29, 1.82) is 0 Å². The summed E-state index contributed by atoms with van der Waals surface area (Å²) in [5.74, 6) is -1.47. The standard InChI is InChI=1S/C12H12N2O4/c1-7(12(16)17)13-11(15)6-9-8-4-2-3-5-10(8)18-14-9/h2-5,7H,6H2,1H3,(H,13,15)(H,16,17)/t7-/m1/s1. The van der Waals surface area contributed by atoms with Crippen LogP contribution in [0.25, 0.3) is 11.0 Å². The Morgan fingerprint density at radius 2 is 2.17 bits per heavy atom. The summed E-state index contributed by atoms with van der Waals surface area (Å²) in [5, 5.41) is 15.6. The van der Waals surface area contributed by atoms with Crippen molar-refractivity contribution in [2.45, 2.75) is 19.4 Å². The molecule has 1 atom stereocenters. The zero-order valence-electron chi connectivity index (χ0n) is 9.71. The van der Waals surface area contributed by atoms with Gasteiger partial charge in [0.25, 0.3) is 0 Å². The third kappa shape index (κ3) is 2.48. The summed E-state index contributed by atoms with van der Waals surface area (Å²) in [6.07, 6.45) is -0.00532. The summed E-state index contributed by atoms with van der Waals surface area (Å²) in [7, 11) is 0. The van der Waals surface area contributed by atoms with Crippen LogP contribution in [-0.4, -0.2) is 28.2 Å². The zero-order valence-corrected chi connectivity index (χ0v) is 9.71. The van der Waals surface area contributed by atoms with E-state index in [1.807, 2.05) is 12.1 Å². The molecule has 6 nitrogen and oxygen atoms in total. The summed E-state index contributed by atoms with van der Waals surface area (Å²) in [6, 6.07) is 6.26. The van der Waals surface area contributed by atoms with Crippen LogP contribution in [0.1, 0.15) is 12.6 Å². The van der Waals surface area contributed by atoms with Gasteiger partial charge in [-0.15, -0.1) is 0 Å². The molecule has 0 saturated carbocycles. The predicted molar refractivity (Wildman–Crippen MR) is 63.0 cm³/mol. The van der Waals surface area contributed by atoms with Gasteiger partial charge in [-0.25, -0.2) is 0 Å². The minimum atomic E-state index is -1.08. The smallest absolute Gasteiger partial charge is 0.325 e. The van der Waals surface area contributed by atoms with Crippen LogP contribution in [0, 0.1) is 0 Å². The molecule has 94 valence electrons. The van der Waals surface area contributed by atoms with E-state index in [2.05, 4.69) is 10.5 Å². The van der Waals surface area contributed by atoms with Gasteiger partial charge in [-0.05, 0) is 19.1 Å². The lowest BCUT2D eigenvalue weighted by atomic mass is 10.1. The van der Waals surface area contributed by atoms with E-state index in [9.17, 15) is 9.59 Å². The number of nitrogens with zero attached hydrogens (tertiary/aromatic N) is 1. The number of carboxylic acids is 1. The Balaban J connectivity index is 2.10. The average molecular weight is 248 g/mol. The van der Waals surface area contributed by atoms with Gasteiger partial charge in [-0.1, -0.05) is 17.3 Å². The molecule has 0 unspecified atom stereocenters. The van der Waals surface area contributed by atoms with Crippen molar-refractivity contribution in [1.82, 2.24) is 10.5 Å². The minimum absolute atomic E-state index is 0.00532. The third-order valence-corrected chi connectivity index (χ3v) is 2.53. The van der Waals surface area contributed by atoms with E-state index >= 15 is 0 Å². The molecule has 1 heterocycles. The molecule has 1 amide bonds. The highest BCUT2D eigenvalue weighted by Gasteiger charge is 2.16. The molecule has 2 rings (SSSR count). The maximum absolute atomic E-state index is 11.6. The lowest BCUT2D eigenvalue weighted by molar-refractivity contribution is -0.141. The highest BCUT2D eigenvalue weighted by Crippen LogP contribution is 2.17. The number of carbonyl (C=O) groups is 2. The first-order valence-electron chi connectivity index (χ1n) is 5.43. The molecule has 0 aliphatic rings. The number of hydrogen-bond acceptors (Lipinski definition) is 4. The van der Waals surface area contributed by atoms with Crippen molar-refractivity contribution in [3.05, 3.63) is 30.0 Å². The Labute approximate surface area is 103 Å². The number of hydrogen-bond donors (Lipinski definition) is 2. The number of carbonyl (C=O) groups excluding carboxylic acids is 1. The maximum Gasteiger partial charge on any atom is 0.325 e. The molecular formula is C12H12N2O4. The number of aromatic nitrogens is 1. The van der Waals surface area contributed by atoms with E-state index in [0.717, 1.165) is 5.39 Å². The van der Waals surface area contributed by atoms with Gasteiger partial charge >= 0.3 is 5.97 Å². The van der Waals surface area contributed by atoms with Crippen molar-refractivity contribution >= 4 is 22.8 Å². The topological polar surface area (TPSA) is 92.4 Å². The van der Waals surface area contributed by atoms with E-state index in [1.165, 1.54) is 6.92 Å². The van der Waals surface area contributed by atoms with Gasteiger partial charge in [0.2, 0.25) is 5.91 Å². The lowest BCUT2D eigenvalue weighted by Crippen LogP contribution is -2.39. The molecule has 0 fully saturated rings. The number of nitrogens with one attached hydrogen (secondary N) is 1. The second kappa shape index (κ2) is 4.87. The Morgan fingerprint density at radius 3 is 2.89 bits per heavy atom. The summed E-state index contributed by atoms with van der Waals surface area (Å²) < 4.78 is 5.06. The van der Waals surface area contributed by atoms with Crippen LogP contribution < -0.4 is 5.32 Å². The van der Waals surface area contributed by atoms with E-state index in [1.54, 1.807) is 12.1 Å². The Bertz CT molecular complexity index is 591. The van der Waals surface area contributed by atoms with Crippen molar-refractivity contribution in [3.63, 3.8) is 0 Å². The molecule has 0 spiro atoms. The monoisotopic (exact) mass is 248 g/mol. The Kier molecular flexibility index (Phi) is 3.27. The van der Waals surface area contributed by atoms with Crippen LogP contribution in [-0.2, 0) is 16.0 Å². The fraction of sp³-hybridized carbons (Fsp3) is 0.250. The average Bonchev–Trinajstić information content (AvgIpc) is 2.72. The molecule has 0 aliphatic carbocycles. The molecular weight excluding hydrogens is 236 g/mol. The Hall–Kier alpha value is -2.37. The number of amides is 1. The summed E-state index contributed by atoms with van der Waals surface area (Å²) in [5.41, 5.74) is 1.10. The lowest BCUT2D eigenvalue weighted by Gasteiger charge is -2.07. The van der Waals surface area contributed by atoms with E-state index in [4.69, 9.17) is 9.63 Å². The largest absolute Gasteiger partial charge is 0.480 e. The number of fused-ring (bicyclic) bond motifs is 1. The van der Waals surface area contributed by atoms with Crippen LogP contribution in [0.4, 0.5) is 0 Å². The van der Waals surface area contributed by atoms with Gasteiger partial charge < -0.3 is 14.9 Å². The highest BCUT2D eigenvalue weighted by molar-refractivity contribution is 5.88. The normalized spacial score (nSPS) is 12.3. The van der Waals surface area contributed by atoms with E-state index in [-0.39, 0.29) is 6.42 Å². The molecule has 18 heavy (non-hydrogen) atoms. The second-order valence-electron chi connectivity index (χ2n) is 3.93. The van der Waals surface area contributed by atoms with Gasteiger partial charge in [-0.3, -0.25) is 9.59 Å². The number of carboxylic acid groups (broad SMARTS) is 1. The first-order chi connectivity index (χ1) is 8.58. The van der Waals surface area contributed by atoms with E-state index in [0.29, 0.717) is 11.3 Å². The maximum atomic E-state index is 11.6. The minimum Gasteiger partial charge on any atom is -0.480 e. The van der Waals surface area contributed by atoms with Crippen LogP contribution in [0.5, 0.6) is 0 Å². The highest BCUT2D eigenvalue weighted by atomic mass is 16.5. The van der Waals surface area contributed by atoms with Crippen LogP contribution >= 0.6 is 0 Å². The SMILES string of the molecule is C[C@@H](NC(=O)Cc1noc2ccccc12)C(=O)O. The van der Waals surface area contributed by atoms with Gasteiger partial charge in [0.05, 0.1) is 6.42 Å². The van der Waals surface area contributed by atoms with Crippen LogP contribution in [0.3, 0.4) is 0 Å². The molecule has 0 radical (unpaired) electrons. The molecule has 1 aromatic heterocycles. The molecule has 2 N–H and O–H groups in total. The number of rotatable bonds is 4. The zero-order chi connectivity index (χ0) is 13.1. The number of aliphatic carboxylic acids is 1. The van der Waals surface area contributed by atoms with Gasteiger partial charge in [0, 0.05) is 5.39 Å². The second-order valence-corrected chi connectivity index (χ2v) is 3.93. The quantitative estimate of drug-likeness (QED) is 0.840. The van der Waals surface area contributed by atoms with Crippen LogP contribution in [0.2, 0.25) is 0 Å². The van der Waals surface area contributed by atoms with E-state index < -0.39 is 17.9 Å². The fourth-order valence-electron chi connectivity index (χ4n) is 1.57. The van der Waals surface area contributed by atoms with Crippen LogP contribution in [0.15, 0.2) is 28.8 Å². The Morgan fingerprint density at radius 1 is 1.44 bits per heavy atom. The number of para-hydroxylation sites is 1. The first-order valence-corrected chi connectivity index (χ1v) is 5.43. The number of benzene rings is 1. The molecule has 1 aromatic carbocycles. The fourth-order valence-corrected chi connectivity index (χ4v) is 1.57. The predicted octanol–water partition coefficient (Wildman–Crippen LogP) is 0.960. The summed E-state index contributed by atoms with van der Waals surface area (Å²) in [4.78, 5) is 22.2. The summed E-state index contributed by atoms with van der Waals surface area (Å²) >= 11 is 0. The molecule has 0 aliphatic heterocycles. The molecule has 6 heteroatoms. The van der Waals surface area contributed by atoms with Crippen molar-refractivity contribution in [3.8, 4) is 0 Å². The molecule has 0 bridgehead atoms. The first kappa shape index (κ1) is 12.1. The third-order valence-electron chi connectivity index (χ3n) is 2.53. The summed E-state index contributed by atoms with van der Waals surface area (Å²) in [6.45, 7) is 1.40. The molecule has 2 aromatic rings. The van der Waals surface area contributed by atoms with Gasteiger partial charge in [0.1, 0.15) is 11.7 Å². The van der Waals surface area contributed by atoms with Crippen molar-refractivity contribution < 1.29 is 19.2 Å².